The van der Waals surface area contributed by atoms with Gasteiger partial charge in [0, 0.05) is 10.7 Å². The van der Waals surface area contributed by atoms with Crippen LogP contribution in [0.4, 0.5) is 10.1 Å². The van der Waals surface area contributed by atoms with Crippen molar-refractivity contribution in [1.82, 2.24) is 0 Å². The summed E-state index contributed by atoms with van der Waals surface area (Å²) in [5, 5.41) is 0.576. The van der Waals surface area contributed by atoms with Gasteiger partial charge in [0.1, 0.15) is 17.6 Å². The van der Waals surface area contributed by atoms with Gasteiger partial charge in [0.15, 0.2) is 11.5 Å². The van der Waals surface area contributed by atoms with Crippen LogP contribution in [0.15, 0.2) is 66.7 Å². The summed E-state index contributed by atoms with van der Waals surface area (Å²) in [5.74, 6) is 1.05. The Morgan fingerprint density at radius 2 is 1.57 bits per heavy atom. The van der Waals surface area contributed by atoms with Crippen LogP contribution in [0, 0.1) is 5.82 Å². The number of amides is 1. The van der Waals surface area contributed by atoms with Crippen molar-refractivity contribution in [2.24, 2.45) is 0 Å². The fourth-order valence-electron chi connectivity index (χ4n) is 3.49. The lowest BCUT2D eigenvalue weighted by molar-refractivity contribution is -0.135. The zero-order valence-corrected chi connectivity index (χ0v) is 17.1. The lowest BCUT2D eigenvalue weighted by Crippen LogP contribution is -2.61. The lowest BCUT2D eigenvalue weighted by atomic mass is 9.89. The summed E-state index contributed by atoms with van der Waals surface area (Å²) in [7, 11) is 3.11. The van der Waals surface area contributed by atoms with Crippen LogP contribution in [0.25, 0.3) is 0 Å². The van der Waals surface area contributed by atoms with Gasteiger partial charge in [-0.3, -0.25) is 9.69 Å². The van der Waals surface area contributed by atoms with E-state index in [0.29, 0.717) is 28.0 Å². The second-order valence-corrected chi connectivity index (χ2v) is 7.17. The minimum atomic E-state index is -0.755. The summed E-state index contributed by atoms with van der Waals surface area (Å²) in [6, 6.07) is 17.6. The molecule has 3 aromatic rings. The van der Waals surface area contributed by atoms with E-state index < -0.39 is 12.1 Å². The Hall–Kier alpha value is -3.25. The molecule has 0 saturated carbocycles. The third-order valence-electron chi connectivity index (χ3n) is 4.98. The molecule has 5 nitrogen and oxygen atoms in total. The van der Waals surface area contributed by atoms with E-state index in [-0.39, 0.29) is 11.7 Å². The first-order valence-corrected chi connectivity index (χ1v) is 9.62. The first-order valence-electron chi connectivity index (χ1n) is 9.24. The zero-order valence-electron chi connectivity index (χ0n) is 16.3. The normalized spacial score (nSPS) is 18.0. The van der Waals surface area contributed by atoms with Gasteiger partial charge in [-0.2, -0.15) is 0 Å². The second kappa shape index (κ2) is 8.24. The van der Waals surface area contributed by atoms with Gasteiger partial charge >= 0.3 is 0 Å². The van der Waals surface area contributed by atoms with Gasteiger partial charge in [-0.05, 0) is 66.2 Å². The van der Waals surface area contributed by atoms with Crippen molar-refractivity contribution in [3.8, 4) is 17.2 Å². The van der Waals surface area contributed by atoms with Gasteiger partial charge in [0.2, 0.25) is 6.10 Å². The number of anilines is 1. The third kappa shape index (κ3) is 3.66. The summed E-state index contributed by atoms with van der Waals surface area (Å²) in [6.07, 6.45) is -0.755. The van der Waals surface area contributed by atoms with Crippen molar-refractivity contribution < 1.29 is 23.4 Å². The highest BCUT2D eigenvalue weighted by Gasteiger charge is 2.51. The van der Waals surface area contributed by atoms with Crippen LogP contribution < -0.4 is 19.1 Å². The van der Waals surface area contributed by atoms with Gasteiger partial charge in [-0.25, -0.2) is 4.39 Å². The molecule has 2 atom stereocenters. The number of halogens is 2. The van der Waals surface area contributed by atoms with Crippen LogP contribution in [-0.2, 0) is 4.79 Å². The predicted octanol–water partition coefficient (Wildman–Crippen LogP) is 5.03. The van der Waals surface area contributed by atoms with E-state index in [1.54, 1.807) is 61.6 Å². The maximum absolute atomic E-state index is 13.4. The largest absolute Gasteiger partial charge is 0.493 e. The monoisotopic (exact) mass is 427 g/mol. The van der Waals surface area contributed by atoms with Crippen LogP contribution in [0.1, 0.15) is 11.6 Å². The van der Waals surface area contributed by atoms with E-state index in [0.717, 1.165) is 5.56 Å². The Labute approximate surface area is 178 Å². The molecule has 7 heteroatoms. The van der Waals surface area contributed by atoms with Gasteiger partial charge < -0.3 is 14.2 Å². The standard InChI is InChI=1S/C23H19ClFNO4/c1-28-19-12-3-14(13-20(19)29-2)21-22(30-18-10-4-15(24)5-11-18)23(27)26(21)17-8-6-16(25)7-9-17/h3-13,21-22H,1-2H3/t21-,22+/m0/s1. The summed E-state index contributed by atoms with van der Waals surface area (Å²) in [4.78, 5) is 14.6. The minimum Gasteiger partial charge on any atom is -0.493 e. The number of methoxy groups -OCH3 is 2. The number of benzene rings is 3. The molecule has 4 rings (SSSR count). The van der Waals surface area contributed by atoms with E-state index in [2.05, 4.69) is 0 Å². The van der Waals surface area contributed by atoms with Crippen LogP contribution in [0.3, 0.4) is 0 Å². The average Bonchev–Trinajstić information content (AvgIpc) is 2.77. The molecule has 0 spiro atoms. The Bertz CT molecular complexity index is 1060. The molecule has 1 amide bonds. The molecule has 0 radical (unpaired) electrons. The van der Waals surface area contributed by atoms with Crippen LogP contribution in [0.2, 0.25) is 5.02 Å². The zero-order chi connectivity index (χ0) is 21.3. The van der Waals surface area contributed by atoms with Gasteiger partial charge in [0.25, 0.3) is 5.91 Å². The molecule has 0 bridgehead atoms. The topological polar surface area (TPSA) is 48.0 Å². The molecular formula is C23H19ClFNO4. The van der Waals surface area contributed by atoms with Crippen LogP contribution >= 0.6 is 11.6 Å². The quantitative estimate of drug-likeness (QED) is 0.517. The Balaban J connectivity index is 1.71. The summed E-state index contributed by atoms with van der Waals surface area (Å²) in [6.45, 7) is 0. The molecular weight excluding hydrogens is 409 g/mol. The van der Waals surface area contributed by atoms with E-state index in [4.69, 9.17) is 25.8 Å². The maximum Gasteiger partial charge on any atom is 0.271 e. The molecule has 1 heterocycles. The third-order valence-corrected chi connectivity index (χ3v) is 5.23. The lowest BCUT2D eigenvalue weighted by Gasteiger charge is -2.46. The predicted molar refractivity (Wildman–Crippen MR) is 112 cm³/mol. The summed E-state index contributed by atoms with van der Waals surface area (Å²) in [5.41, 5.74) is 1.38. The van der Waals surface area contributed by atoms with Crippen molar-refractivity contribution in [1.29, 1.82) is 0 Å². The highest BCUT2D eigenvalue weighted by molar-refractivity contribution is 6.30. The van der Waals surface area contributed by atoms with E-state index in [1.165, 1.54) is 12.1 Å². The smallest absolute Gasteiger partial charge is 0.271 e. The molecule has 0 unspecified atom stereocenters. The number of nitrogens with zero attached hydrogens (tertiary/aromatic N) is 1. The molecule has 3 aromatic carbocycles. The molecule has 0 aliphatic carbocycles. The van der Waals surface area contributed by atoms with Crippen LogP contribution in [0.5, 0.6) is 17.2 Å². The number of carbonyl (C=O) groups excluding carboxylic acids is 1. The Morgan fingerprint density at radius 1 is 0.900 bits per heavy atom. The SMILES string of the molecule is COc1ccc([C@H]2[C@@H](Oc3ccc(Cl)cc3)C(=O)N2c2ccc(F)cc2)cc1OC. The number of carbonyl (C=O) groups is 1. The van der Waals surface area contributed by atoms with Crippen molar-refractivity contribution in [3.05, 3.63) is 83.1 Å². The number of β-lactam (4-membered cyclic amide) rings is 1. The Kier molecular flexibility index (Phi) is 5.50. The highest BCUT2D eigenvalue weighted by Crippen LogP contribution is 2.43. The molecule has 1 saturated heterocycles. The minimum absolute atomic E-state index is 0.226. The first kappa shape index (κ1) is 20.0. The average molecular weight is 428 g/mol. The van der Waals surface area contributed by atoms with E-state index in [9.17, 15) is 9.18 Å². The van der Waals surface area contributed by atoms with Gasteiger partial charge in [0.05, 0.1) is 14.2 Å². The number of hydrogen-bond donors (Lipinski definition) is 0. The van der Waals surface area contributed by atoms with Gasteiger partial charge in [-0.15, -0.1) is 0 Å². The Morgan fingerprint density at radius 3 is 2.20 bits per heavy atom. The van der Waals surface area contributed by atoms with Gasteiger partial charge in [-0.1, -0.05) is 17.7 Å². The fraction of sp³-hybridized carbons (Fsp3) is 0.174. The molecule has 30 heavy (non-hydrogen) atoms. The fourth-order valence-corrected chi connectivity index (χ4v) is 3.61. The van der Waals surface area contributed by atoms with E-state index >= 15 is 0 Å². The number of hydrogen-bond acceptors (Lipinski definition) is 4. The molecule has 1 fully saturated rings. The van der Waals surface area contributed by atoms with E-state index in [1.807, 2.05) is 12.1 Å². The summed E-state index contributed by atoms with van der Waals surface area (Å²) >= 11 is 5.94. The van der Waals surface area contributed by atoms with Crippen molar-refractivity contribution >= 4 is 23.2 Å². The molecule has 0 N–H and O–H groups in total. The summed E-state index contributed by atoms with van der Waals surface area (Å²) < 4.78 is 30.1. The molecule has 154 valence electrons. The van der Waals surface area contributed by atoms with Crippen molar-refractivity contribution in [2.45, 2.75) is 12.1 Å². The first-order chi connectivity index (χ1) is 14.5. The van der Waals surface area contributed by atoms with Crippen molar-refractivity contribution in [3.63, 3.8) is 0 Å². The molecule has 1 aliphatic heterocycles. The number of rotatable bonds is 6. The second-order valence-electron chi connectivity index (χ2n) is 6.74. The van der Waals surface area contributed by atoms with Crippen LogP contribution in [-0.4, -0.2) is 26.2 Å². The maximum atomic E-state index is 13.4. The molecule has 0 aromatic heterocycles. The van der Waals surface area contributed by atoms with Crippen molar-refractivity contribution in [2.75, 3.05) is 19.1 Å². The number of ether oxygens (including phenoxy) is 3. The highest BCUT2D eigenvalue weighted by atomic mass is 35.5. The molecule has 1 aliphatic rings.